The standard InChI is InChI=1S/C26H33N5O/c1-28-18-24(17-27)29-23-10-9-21-11-15-31(26(32)25(21)16-23)14-5-13-30-12-4-8-20-6-2-3-7-22(20)19-30/h2-3,6-7,9-10,16-18,29H,4-5,8,11-15,19,27H2,1H3. The predicted molar refractivity (Wildman–Crippen MR) is 131 cm³/mol. The first-order valence-electron chi connectivity index (χ1n) is 11.5. The molecule has 0 aliphatic carbocycles. The fourth-order valence-electron chi connectivity index (χ4n) is 4.68. The number of hydrogen-bond acceptors (Lipinski definition) is 5. The summed E-state index contributed by atoms with van der Waals surface area (Å²) in [4.78, 5) is 21.7. The van der Waals surface area contributed by atoms with Gasteiger partial charge in [0.25, 0.3) is 5.91 Å². The molecule has 0 atom stereocenters. The average Bonchev–Trinajstić information content (AvgIpc) is 3.02. The molecule has 0 spiro atoms. The van der Waals surface area contributed by atoms with Crippen LogP contribution in [0.3, 0.4) is 0 Å². The zero-order valence-electron chi connectivity index (χ0n) is 18.9. The topological polar surface area (TPSA) is 74.0 Å². The Hall–Kier alpha value is -3.12. The maximum absolute atomic E-state index is 13.2. The van der Waals surface area contributed by atoms with Crippen molar-refractivity contribution in [3.63, 3.8) is 0 Å². The van der Waals surface area contributed by atoms with Gasteiger partial charge in [-0.05, 0) is 61.1 Å². The number of aliphatic imine (C=N–C) groups is 1. The largest absolute Gasteiger partial charge is 0.403 e. The summed E-state index contributed by atoms with van der Waals surface area (Å²) in [7, 11) is 1.70. The van der Waals surface area contributed by atoms with Gasteiger partial charge in [-0.15, -0.1) is 0 Å². The second kappa shape index (κ2) is 10.5. The van der Waals surface area contributed by atoms with E-state index in [9.17, 15) is 4.79 Å². The molecule has 4 rings (SSSR count). The van der Waals surface area contributed by atoms with E-state index in [1.54, 1.807) is 13.3 Å². The molecule has 2 aromatic carbocycles. The lowest BCUT2D eigenvalue weighted by atomic mass is 9.98. The summed E-state index contributed by atoms with van der Waals surface area (Å²) in [6.45, 7) is 4.74. The Bertz CT molecular complexity index is 1010. The number of allylic oxidation sites excluding steroid dienone is 1. The molecule has 0 bridgehead atoms. The van der Waals surface area contributed by atoms with E-state index >= 15 is 0 Å². The van der Waals surface area contributed by atoms with Crippen LogP contribution in [0.1, 0.15) is 39.9 Å². The molecule has 2 aliphatic rings. The number of amides is 1. The van der Waals surface area contributed by atoms with Crippen LogP contribution in [0.25, 0.3) is 0 Å². The van der Waals surface area contributed by atoms with Crippen LogP contribution in [0, 0.1) is 0 Å². The number of nitrogens with one attached hydrogen (secondary N) is 1. The Kier molecular flexibility index (Phi) is 7.22. The second-order valence-electron chi connectivity index (χ2n) is 8.55. The van der Waals surface area contributed by atoms with Crippen LogP contribution in [0.5, 0.6) is 0 Å². The molecule has 2 heterocycles. The van der Waals surface area contributed by atoms with Crippen LogP contribution >= 0.6 is 0 Å². The summed E-state index contributed by atoms with van der Waals surface area (Å²) in [6, 6.07) is 14.7. The number of nitrogens with two attached hydrogens (primary N) is 1. The normalized spacial score (nSPS) is 17.2. The Morgan fingerprint density at radius 2 is 1.94 bits per heavy atom. The minimum Gasteiger partial charge on any atom is -0.403 e. The van der Waals surface area contributed by atoms with Crippen molar-refractivity contribution in [2.45, 2.75) is 32.2 Å². The van der Waals surface area contributed by atoms with E-state index in [1.807, 2.05) is 23.1 Å². The predicted octanol–water partition coefficient (Wildman–Crippen LogP) is 3.44. The van der Waals surface area contributed by atoms with E-state index in [0.29, 0.717) is 5.70 Å². The van der Waals surface area contributed by atoms with Gasteiger partial charge in [0.05, 0.1) is 5.70 Å². The maximum atomic E-state index is 13.2. The lowest BCUT2D eigenvalue weighted by Crippen LogP contribution is -2.39. The van der Waals surface area contributed by atoms with E-state index in [4.69, 9.17) is 5.73 Å². The van der Waals surface area contributed by atoms with Crippen molar-refractivity contribution in [1.82, 2.24) is 9.80 Å². The number of benzene rings is 2. The third kappa shape index (κ3) is 5.19. The molecule has 6 heteroatoms. The summed E-state index contributed by atoms with van der Waals surface area (Å²) < 4.78 is 0. The number of nitrogens with zero attached hydrogens (tertiary/aromatic N) is 3. The van der Waals surface area contributed by atoms with E-state index in [-0.39, 0.29) is 5.91 Å². The molecule has 168 valence electrons. The highest BCUT2D eigenvalue weighted by molar-refractivity contribution is 5.98. The van der Waals surface area contributed by atoms with Crippen LogP contribution in [-0.2, 0) is 19.4 Å². The number of rotatable bonds is 7. The lowest BCUT2D eigenvalue weighted by molar-refractivity contribution is 0.0731. The smallest absolute Gasteiger partial charge is 0.254 e. The lowest BCUT2D eigenvalue weighted by Gasteiger charge is -2.30. The summed E-state index contributed by atoms with van der Waals surface area (Å²) >= 11 is 0. The van der Waals surface area contributed by atoms with Gasteiger partial charge in [-0.1, -0.05) is 30.3 Å². The number of fused-ring (bicyclic) bond motifs is 2. The van der Waals surface area contributed by atoms with Crippen LogP contribution in [0.4, 0.5) is 5.69 Å². The first-order valence-corrected chi connectivity index (χ1v) is 11.5. The molecule has 1 amide bonds. The molecule has 0 saturated heterocycles. The number of aryl methyl sites for hydroxylation is 1. The highest BCUT2D eigenvalue weighted by atomic mass is 16.2. The molecule has 0 unspecified atom stereocenters. The van der Waals surface area contributed by atoms with Gasteiger partial charge in [-0.2, -0.15) is 0 Å². The van der Waals surface area contributed by atoms with Crippen LogP contribution in [-0.4, -0.2) is 55.1 Å². The third-order valence-corrected chi connectivity index (χ3v) is 6.35. The molecule has 6 nitrogen and oxygen atoms in total. The zero-order valence-corrected chi connectivity index (χ0v) is 18.9. The average molecular weight is 432 g/mol. The molecular weight excluding hydrogens is 398 g/mol. The van der Waals surface area contributed by atoms with E-state index in [2.05, 4.69) is 39.5 Å². The molecule has 0 aromatic heterocycles. The minimum absolute atomic E-state index is 0.124. The number of carbonyl (C=O) groups excluding carboxylic acids is 1. The molecule has 32 heavy (non-hydrogen) atoms. The van der Waals surface area contributed by atoms with Crippen LogP contribution in [0.15, 0.2) is 59.4 Å². The fourth-order valence-corrected chi connectivity index (χ4v) is 4.68. The maximum Gasteiger partial charge on any atom is 0.254 e. The van der Waals surface area contributed by atoms with Crippen molar-refractivity contribution in [2.24, 2.45) is 10.7 Å². The van der Waals surface area contributed by atoms with E-state index in [0.717, 1.165) is 68.8 Å². The van der Waals surface area contributed by atoms with Gasteiger partial charge in [0.15, 0.2) is 0 Å². The van der Waals surface area contributed by atoms with Gasteiger partial charge in [-0.25, -0.2) is 0 Å². The first-order chi connectivity index (χ1) is 15.7. The molecular formula is C26H33N5O. The Labute approximate surface area is 190 Å². The van der Waals surface area contributed by atoms with Crippen LogP contribution < -0.4 is 11.1 Å². The van der Waals surface area contributed by atoms with Crippen LogP contribution in [0.2, 0.25) is 0 Å². The molecule has 0 fully saturated rings. The van der Waals surface area contributed by atoms with E-state index < -0.39 is 0 Å². The molecule has 2 aromatic rings. The molecule has 0 saturated carbocycles. The van der Waals surface area contributed by atoms with E-state index in [1.165, 1.54) is 23.7 Å². The minimum atomic E-state index is 0.124. The first kappa shape index (κ1) is 22.1. The van der Waals surface area contributed by atoms with Gasteiger partial charge in [0.1, 0.15) is 0 Å². The fraction of sp³-hybridized carbons (Fsp3) is 0.385. The zero-order chi connectivity index (χ0) is 22.3. The highest BCUT2D eigenvalue weighted by Crippen LogP contribution is 2.24. The quantitative estimate of drug-likeness (QED) is 0.659. The molecule has 0 radical (unpaired) electrons. The van der Waals surface area contributed by atoms with Crippen molar-refractivity contribution >= 4 is 17.8 Å². The second-order valence-corrected chi connectivity index (χ2v) is 8.55. The Morgan fingerprint density at radius 1 is 1.09 bits per heavy atom. The summed E-state index contributed by atoms with van der Waals surface area (Å²) in [5, 5.41) is 3.22. The van der Waals surface area contributed by atoms with Gasteiger partial charge in [0, 0.05) is 56.9 Å². The van der Waals surface area contributed by atoms with Gasteiger partial charge < -0.3 is 16.0 Å². The van der Waals surface area contributed by atoms with Crippen molar-refractivity contribution in [3.8, 4) is 0 Å². The van der Waals surface area contributed by atoms with Crippen molar-refractivity contribution in [3.05, 3.63) is 76.6 Å². The Balaban J connectivity index is 1.35. The third-order valence-electron chi connectivity index (χ3n) is 6.35. The molecule has 3 N–H and O–H groups in total. The monoisotopic (exact) mass is 431 g/mol. The number of anilines is 1. The van der Waals surface area contributed by atoms with Gasteiger partial charge in [-0.3, -0.25) is 14.7 Å². The van der Waals surface area contributed by atoms with Gasteiger partial charge in [0.2, 0.25) is 0 Å². The molecule has 2 aliphatic heterocycles. The summed E-state index contributed by atoms with van der Waals surface area (Å²) in [6.07, 6.45) is 7.39. The Morgan fingerprint density at radius 3 is 2.75 bits per heavy atom. The van der Waals surface area contributed by atoms with Crippen molar-refractivity contribution in [2.75, 3.05) is 38.5 Å². The summed E-state index contributed by atoms with van der Waals surface area (Å²) in [5.74, 6) is 0.124. The number of hydrogen-bond donors (Lipinski definition) is 2. The highest BCUT2D eigenvalue weighted by Gasteiger charge is 2.24. The SMILES string of the molecule is CN=CC(=CN)Nc1ccc2c(c1)C(=O)N(CCCN1CCCc3ccccc3C1)CC2. The number of carbonyl (C=O) groups is 1. The summed E-state index contributed by atoms with van der Waals surface area (Å²) in [5.41, 5.74) is 12.0. The van der Waals surface area contributed by atoms with Crippen molar-refractivity contribution in [1.29, 1.82) is 0 Å². The van der Waals surface area contributed by atoms with Gasteiger partial charge >= 0.3 is 0 Å². The van der Waals surface area contributed by atoms with Crippen molar-refractivity contribution < 1.29 is 4.79 Å².